The zero-order valence-corrected chi connectivity index (χ0v) is 12.3. The quantitative estimate of drug-likeness (QED) is 0.864. The fourth-order valence-electron chi connectivity index (χ4n) is 2.22. The van der Waals surface area contributed by atoms with Crippen LogP contribution in [0.4, 0.5) is 0 Å². The van der Waals surface area contributed by atoms with E-state index >= 15 is 0 Å². The molecule has 2 aromatic rings. The van der Waals surface area contributed by atoms with Crippen LogP contribution in [-0.2, 0) is 0 Å². The normalized spacial score (nSPS) is 12.6. The van der Waals surface area contributed by atoms with Gasteiger partial charge in [-0.3, -0.25) is 0 Å². The number of nitrogens with one attached hydrogen (secondary N) is 1. The van der Waals surface area contributed by atoms with E-state index in [1.165, 1.54) is 16.7 Å². The molecule has 1 aromatic carbocycles. The maximum Gasteiger partial charge on any atom is 0.125 e. The molecular weight excluding hydrogens is 234 g/mol. The van der Waals surface area contributed by atoms with Gasteiger partial charge in [0.15, 0.2) is 0 Å². The monoisotopic (exact) mass is 257 g/mol. The molecule has 2 nitrogen and oxygen atoms in total. The molecule has 0 saturated carbocycles. The first-order chi connectivity index (χ1) is 9.11. The molecule has 1 N–H and O–H groups in total. The van der Waals surface area contributed by atoms with Crippen molar-refractivity contribution in [3.63, 3.8) is 0 Å². The second-order valence-electron chi connectivity index (χ2n) is 5.18. The van der Waals surface area contributed by atoms with Crippen LogP contribution < -0.4 is 5.32 Å². The first-order valence-electron chi connectivity index (χ1n) is 6.98. The predicted octanol–water partition coefficient (Wildman–Crippen LogP) is 4.29. The van der Waals surface area contributed by atoms with Crippen LogP contribution in [0.15, 0.2) is 34.7 Å². The molecule has 0 amide bonds. The Bertz CT molecular complexity index is 542. The fraction of sp³-hybridized carbons (Fsp3) is 0.412. The van der Waals surface area contributed by atoms with Crippen molar-refractivity contribution >= 4 is 0 Å². The van der Waals surface area contributed by atoms with E-state index in [1.807, 2.05) is 13.0 Å². The second kappa shape index (κ2) is 6.07. The summed E-state index contributed by atoms with van der Waals surface area (Å²) in [6.45, 7) is 9.45. The van der Waals surface area contributed by atoms with Gasteiger partial charge in [-0.1, -0.05) is 25.1 Å². The van der Waals surface area contributed by atoms with Crippen molar-refractivity contribution in [2.45, 2.75) is 40.2 Å². The van der Waals surface area contributed by atoms with Crippen LogP contribution in [-0.4, -0.2) is 6.54 Å². The Morgan fingerprint density at radius 2 is 1.84 bits per heavy atom. The minimum absolute atomic E-state index is 0.146. The summed E-state index contributed by atoms with van der Waals surface area (Å²) in [5.74, 6) is 1.95. The summed E-state index contributed by atoms with van der Waals surface area (Å²) in [5, 5.41) is 3.57. The highest BCUT2D eigenvalue weighted by atomic mass is 16.3. The molecular formula is C17H23NO. The second-order valence-corrected chi connectivity index (χ2v) is 5.18. The van der Waals surface area contributed by atoms with Crippen LogP contribution in [0.3, 0.4) is 0 Å². The van der Waals surface area contributed by atoms with Gasteiger partial charge in [-0.05, 0) is 62.6 Å². The average molecular weight is 257 g/mol. The summed E-state index contributed by atoms with van der Waals surface area (Å²) in [6.07, 6.45) is 1.11. The van der Waals surface area contributed by atoms with E-state index in [0.29, 0.717) is 0 Å². The average Bonchev–Trinajstić information content (AvgIpc) is 2.80. The summed E-state index contributed by atoms with van der Waals surface area (Å²) >= 11 is 0. The number of furan rings is 1. The molecule has 2 heteroatoms. The molecule has 0 spiro atoms. The van der Waals surface area contributed by atoms with E-state index in [1.54, 1.807) is 0 Å². The van der Waals surface area contributed by atoms with E-state index in [0.717, 1.165) is 24.5 Å². The van der Waals surface area contributed by atoms with E-state index < -0.39 is 0 Å². The molecule has 2 rings (SSSR count). The molecule has 0 aliphatic rings. The zero-order valence-electron chi connectivity index (χ0n) is 12.3. The largest absolute Gasteiger partial charge is 0.464 e. The molecule has 102 valence electrons. The van der Waals surface area contributed by atoms with E-state index in [-0.39, 0.29) is 6.04 Å². The first kappa shape index (κ1) is 13.9. The molecule has 1 aromatic heterocycles. The minimum atomic E-state index is 0.146. The summed E-state index contributed by atoms with van der Waals surface area (Å²) in [5.41, 5.74) is 3.92. The lowest BCUT2D eigenvalue weighted by atomic mass is 9.99. The van der Waals surface area contributed by atoms with Gasteiger partial charge in [0.1, 0.15) is 11.5 Å². The van der Waals surface area contributed by atoms with Crippen LogP contribution in [0.25, 0.3) is 0 Å². The lowest BCUT2D eigenvalue weighted by molar-refractivity contribution is 0.430. The first-order valence-corrected chi connectivity index (χ1v) is 6.98. The van der Waals surface area contributed by atoms with Crippen molar-refractivity contribution in [3.8, 4) is 0 Å². The van der Waals surface area contributed by atoms with Crippen molar-refractivity contribution < 1.29 is 4.42 Å². The van der Waals surface area contributed by atoms with Gasteiger partial charge in [-0.2, -0.15) is 0 Å². The number of hydrogen-bond acceptors (Lipinski definition) is 2. The van der Waals surface area contributed by atoms with Crippen molar-refractivity contribution in [3.05, 3.63) is 58.5 Å². The van der Waals surface area contributed by atoms with Gasteiger partial charge >= 0.3 is 0 Å². The molecule has 1 unspecified atom stereocenters. The van der Waals surface area contributed by atoms with Gasteiger partial charge in [0.25, 0.3) is 0 Å². The van der Waals surface area contributed by atoms with Crippen LogP contribution >= 0.6 is 0 Å². The summed E-state index contributed by atoms with van der Waals surface area (Å²) in [7, 11) is 0. The Kier molecular flexibility index (Phi) is 4.43. The van der Waals surface area contributed by atoms with Crippen molar-refractivity contribution in [2.24, 2.45) is 0 Å². The third-order valence-corrected chi connectivity index (χ3v) is 3.51. The van der Waals surface area contributed by atoms with E-state index in [9.17, 15) is 0 Å². The highest BCUT2D eigenvalue weighted by Gasteiger charge is 2.17. The maximum absolute atomic E-state index is 5.80. The Labute approximate surface area is 115 Å². The minimum Gasteiger partial charge on any atom is -0.464 e. The summed E-state index contributed by atoms with van der Waals surface area (Å²) in [6, 6.07) is 10.9. The highest BCUT2D eigenvalue weighted by Crippen LogP contribution is 2.25. The maximum atomic E-state index is 5.80. The molecule has 1 atom stereocenters. The zero-order chi connectivity index (χ0) is 13.8. The lowest BCUT2D eigenvalue weighted by Gasteiger charge is -2.18. The summed E-state index contributed by atoms with van der Waals surface area (Å²) in [4.78, 5) is 0. The van der Waals surface area contributed by atoms with Gasteiger partial charge in [-0.25, -0.2) is 0 Å². The standard InChI is InChI=1S/C17H23NO/c1-5-10-18-17(16-9-7-14(4)19-16)15-8-6-12(2)13(3)11-15/h6-9,11,17-18H,5,10H2,1-4H3. The van der Waals surface area contributed by atoms with Crippen LogP contribution in [0.2, 0.25) is 0 Å². The Morgan fingerprint density at radius 3 is 2.42 bits per heavy atom. The molecule has 0 bridgehead atoms. The van der Waals surface area contributed by atoms with E-state index in [4.69, 9.17) is 4.42 Å². The lowest BCUT2D eigenvalue weighted by Crippen LogP contribution is -2.22. The Balaban J connectivity index is 2.33. The highest BCUT2D eigenvalue weighted by molar-refractivity contribution is 5.35. The van der Waals surface area contributed by atoms with Gasteiger partial charge in [-0.15, -0.1) is 0 Å². The third-order valence-electron chi connectivity index (χ3n) is 3.51. The summed E-state index contributed by atoms with van der Waals surface area (Å²) < 4.78 is 5.80. The van der Waals surface area contributed by atoms with Crippen molar-refractivity contribution in [1.29, 1.82) is 0 Å². The van der Waals surface area contributed by atoms with Gasteiger partial charge in [0, 0.05) is 0 Å². The number of hydrogen-bond donors (Lipinski definition) is 1. The fourth-order valence-corrected chi connectivity index (χ4v) is 2.22. The molecule has 0 aliphatic heterocycles. The number of benzene rings is 1. The molecule has 1 heterocycles. The van der Waals surface area contributed by atoms with Gasteiger partial charge in [0.05, 0.1) is 6.04 Å². The Morgan fingerprint density at radius 1 is 1.05 bits per heavy atom. The SMILES string of the molecule is CCCNC(c1ccc(C)c(C)c1)c1ccc(C)o1. The van der Waals surface area contributed by atoms with Crippen LogP contribution in [0.5, 0.6) is 0 Å². The van der Waals surface area contributed by atoms with Crippen molar-refractivity contribution in [2.75, 3.05) is 6.54 Å². The third kappa shape index (κ3) is 3.27. The number of rotatable bonds is 5. The topological polar surface area (TPSA) is 25.2 Å². The molecule has 0 radical (unpaired) electrons. The predicted molar refractivity (Wildman–Crippen MR) is 79.5 cm³/mol. The van der Waals surface area contributed by atoms with Crippen molar-refractivity contribution in [1.82, 2.24) is 5.32 Å². The van der Waals surface area contributed by atoms with E-state index in [2.05, 4.69) is 50.4 Å². The Hall–Kier alpha value is -1.54. The molecule has 0 saturated heterocycles. The van der Waals surface area contributed by atoms with Gasteiger partial charge in [0.2, 0.25) is 0 Å². The molecule has 0 aliphatic carbocycles. The molecule has 0 fully saturated rings. The van der Waals surface area contributed by atoms with Crippen LogP contribution in [0, 0.1) is 20.8 Å². The molecule has 19 heavy (non-hydrogen) atoms. The smallest absolute Gasteiger partial charge is 0.125 e. The van der Waals surface area contributed by atoms with Gasteiger partial charge < -0.3 is 9.73 Å². The number of aryl methyl sites for hydroxylation is 3. The van der Waals surface area contributed by atoms with Crippen LogP contribution in [0.1, 0.15) is 47.6 Å².